The lowest BCUT2D eigenvalue weighted by molar-refractivity contribution is -0.305. The van der Waals surface area contributed by atoms with Gasteiger partial charge in [-0.25, -0.2) is 0 Å². The van der Waals surface area contributed by atoms with Crippen molar-refractivity contribution in [3.05, 3.63) is 109 Å². The zero-order valence-corrected chi connectivity index (χ0v) is 43.6. The van der Waals surface area contributed by atoms with E-state index in [0.717, 1.165) is 96.3 Å². The number of aliphatic hydroxyl groups excluding tert-OH is 5. The summed E-state index contributed by atoms with van der Waals surface area (Å²) in [6.45, 7) is 5.44. The van der Waals surface area contributed by atoms with Crippen LogP contribution in [0.5, 0.6) is 0 Å². The summed E-state index contributed by atoms with van der Waals surface area (Å²) in [6, 6.07) is -1.05. The molecule has 0 spiro atoms. The van der Waals surface area contributed by atoms with Crippen molar-refractivity contribution < 1.29 is 49.3 Å². The molecule has 1 aliphatic heterocycles. The number of allylic oxidation sites excluding steroid dienone is 17. The Hall–Kier alpha value is -3.68. The summed E-state index contributed by atoms with van der Waals surface area (Å²) in [6.07, 6.45) is 51.3. The fourth-order valence-corrected chi connectivity index (χ4v) is 7.79. The second kappa shape index (κ2) is 46.4. The highest BCUT2D eigenvalue weighted by Crippen LogP contribution is 2.26. The Balaban J connectivity index is 2.81. The average Bonchev–Trinajstić information content (AvgIpc) is 3.36. The van der Waals surface area contributed by atoms with Gasteiger partial charge >= 0.3 is 5.97 Å². The molecule has 0 radical (unpaired) electrons. The van der Waals surface area contributed by atoms with Crippen LogP contribution in [0.25, 0.3) is 0 Å². The first-order chi connectivity index (χ1) is 34.2. The van der Waals surface area contributed by atoms with Gasteiger partial charge in [-0.05, 0) is 64.2 Å². The molecule has 1 amide bonds. The van der Waals surface area contributed by atoms with Gasteiger partial charge in [0.25, 0.3) is 0 Å². The summed E-state index contributed by atoms with van der Waals surface area (Å²) in [5.74, 6) is -1.26. The zero-order chi connectivity index (χ0) is 51.1. The van der Waals surface area contributed by atoms with E-state index in [9.17, 15) is 35.1 Å². The van der Waals surface area contributed by atoms with Crippen LogP contribution in [0.2, 0.25) is 0 Å². The minimum Gasteiger partial charge on any atom is -0.454 e. The van der Waals surface area contributed by atoms with Crippen LogP contribution in [-0.2, 0) is 23.8 Å². The van der Waals surface area contributed by atoms with E-state index in [-0.39, 0.29) is 19.4 Å². The Labute approximate surface area is 424 Å². The predicted octanol–water partition coefficient (Wildman–Crippen LogP) is 11.8. The Kier molecular flexibility index (Phi) is 42.6. The van der Waals surface area contributed by atoms with Gasteiger partial charge in [-0.3, -0.25) is 9.59 Å². The molecule has 1 heterocycles. The number of esters is 1. The smallest absolute Gasteiger partial charge is 0.306 e. The Morgan fingerprint density at radius 2 is 1.03 bits per heavy atom. The van der Waals surface area contributed by atoms with Crippen LogP contribution >= 0.6 is 0 Å². The Morgan fingerprint density at radius 3 is 1.54 bits per heavy atom. The minimum absolute atomic E-state index is 0.0981. The Morgan fingerprint density at radius 1 is 0.571 bits per heavy atom. The van der Waals surface area contributed by atoms with E-state index in [1.807, 2.05) is 72.9 Å². The lowest BCUT2D eigenvalue weighted by Crippen LogP contribution is -2.61. The number of amides is 1. The first kappa shape index (κ1) is 64.3. The second-order valence-electron chi connectivity index (χ2n) is 18.4. The van der Waals surface area contributed by atoms with Gasteiger partial charge in [-0.2, -0.15) is 0 Å². The van der Waals surface area contributed by atoms with Crippen LogP contribution in [0.15, 0.2) is 109 Å². The first-order valence-corrected chi connectivity index (χ1v) is 27.3. The third-order valence-electron chi connectivity index (χ3n) is 12.1. The van der Waals surface area contributed by atoms with Gasteiger partial charge in [0.15, 0.2) is 12.4 Å². The van der Waals surface area contributed by atoms with Crippen molar-refractivity contribution in [1.29, 1.82) is 0 Å². The first-order valence-electron chi connectivity index (χ1n) is 27.3. The number of carbonyl (C=O) groups excluding carboxylic acids is 2. The Bertz CT molecular complexity index is 1550. The van der Waals surface area contributed by atoms with Crippen LogP contribution in [0, 0.1) is 0 Å². The molecule has 0 aromatic heterocycles. The molecule has 6 N–H and O–H groups in total. The third-order valence-corrected chi connectivity index (χ3v) is 12.1. The van der Waals surface area contributed by atoms with E-state index in [1.54, 1.807) is 6.08 Å². The van der Waals surface area contributed by atoms with Crippen LogP contribution in [0.4, 0.5) is 0 Å². The lowest BCUT2D eigenvalue weighted by atomic mass is 9.99. The van der Waals surface area contributed by atoms with Crippen molar-refractivity contribution in [2.24, 2.45) is 0 Å². The molecule has 8 unspecified atom stereocenters. The van der Waals surface area contributed by atoms with E-state index in [4.69, 9.17) is 14.2 Å². The van der Waals surface area contributed by atoms with Crippen molar-refractivity contribution in [2.45, 2.75) is 237 Å². The van der Waals surface area contributed by atoms with E-state index in [1.165, 1.54) is 44.9 Å². The number of unbranched alkanes of at least 4 members (excludes halogenated alkanes) is 19. The summed E-state index contributed by atoms with van der Waals surface area (Å²) in [5, 5.41) is 56.7. The van der Waals surface area contributed by atoms with Gasteiger partial charge in [0.05, 0.1) is 25.4 Å². The van der Waals surface area contributed by atoms with Crippen molar-refractivity contribution in [3.8, 4) is 0 Å². The number of aliphatic hydroxyl groups is 5. The standard InChI is InChI=1S/C59H97NO10/c1-4-7-10-13-16-19-22-25-27-29-32-35-38-41-44-47-54(64)70-57-56(66)55(65)53(48-61)69-59(57)68-49-50(51(62)45-42-39-36-33-30-24-21-18-15-12-9-6-3)60-58(67)52(63)46-43-40-37-34-31-28-26-23-20-17-14-11-8-5-2/h7-8,10-11,13-14,16-17,19-20,22-23,26,28,31,34,42,45,50-53,55-57,59,61-63,65-66H,4-6,9,12,15,18,21,24-25,27,29-30,32-33,35-41,43-44,46-49H2,1-3H3,(H,60,67)/b10-7+,11-8+,16-13+,17-14+,22-19+,23-20-,28-26-,34-31+,45-42+. The van der Waals surface area contributed by atoms with Gasteiger partial charge < -0.3 is 45.1 Å². The van der Waals surface area contributed by atoms with E-state index in [2.05, 4.69) is 56.5 Å². The van der Waals surface area contributed by atoms with Gasteiger partial charge in [-0.1, -0.05) is 226 Å². The quantitative estimate of drug-likeness (QED) is 0.0149. The molecule has 1 fully saturated rings. The summed E-state index contributed by atoms with van der Waals surface area (Å²) in [4.78, 5) is 26.4. The topological polar surface area (TPSA) is 175 Å². The molecular formula is C59H97NO10. The molecule has 398 valence electrons. The summed E-state index contributed by atoms with van der Waals surface area (Å²) < 4.78 is 17.5. The van der Waals surface area contributed by atoms with Crippen molar-refractivity contribution in [3.63, 3.8) is 0 Å². The average molecular weight is 980 g/mol. The molecule has 70 heavy (non-hydrogen) atoms. The predicted molar refractivity (Wildman–Crippen MR) is 287 cm³/mol. The molecule has 0 aliphatic carbocycles. The third kappa shape index (κ3) is 34.6. The van der Waals surface area contributed by atoms with Gasteiger partial charge in [0.1, 0.15) is 24.4 Å². The van der Waals surface area contributed by atoms with Crippen LogP contribution in [0.1, 0.15) is 188 Å². The highest BCUT2D eigenvalue weighted by Gasteiger charge is 2.47. The molecule has 0 saturated carbocycles. The second-order valence-corrected chi connectivity index (χ2v) is 18.4. The largest absolute Gasteiger partial charge is 0.454 e. The van der Waals surface area contributed by atoms with Crippen LogP contribution in [0.3, 0.4) is 0 Å². The molecule has 11 heteroatoms. The van der Waals surface area contributed by atoms with Crippen LogP contribution < -0.4 is 5.32 Å². The normalized spacial score (nSPS) is 20.6. The molecule has 0 bridgehead atoms. The lowest BCUT2D eigenvalue weighted by Gasteiger charge is -2.41. The number of carbonyl (C=O) groups is 2. The monoisotopic (exact) mass is 980 g/mol. The molecule has 0 aromatic rings. The number of hydrogen-bond donors (Lipinski definition) is 6. The highest BCUT2D eigenvalue weighted by molar-refractivity contribution is 5.80. The van der Waals surface area contributed by atoms with Crippen LogP contribution in [-0.4, -0.2) is 99.6 Å². The maximum Gasteiger partial charge on any atom is 0.306 e. The van der Waals surface area contributed by atoms with Gasteiger partial charge in [0, 0.05) is 6.42 Å². The van der Waals surface area contributed by atoms with E-state index in [0.29, 0.717) is 12.8 Å². The fourth-order valence-electron chi connectivity index (χ4n) is 7.79. The molecule has 1 saturated heterocycles. The molecular weight excluding hydrogens is 883 g/mol. The number of nitrogens with one attached hydrogen (secondary N) is 1. The molecule has 1 rings (SSSR count). The van der Waals surface area contributed by atoms with Gasteiger partial charge in [-0.15, -0.1) is 0 Å². The molecule has 8 atom stereocenters. The van der Waals surface area contributed by atoms with Crippen molar-refractivity contribution >= 4 is 11.9 Å². The maximum absolute atomic E-state index is 13.3. The number of hydrogen-bond acceptors (Lipinski definition) is 10. The highest BCUT2D eigenvalue weighted by atomic mass is 16.7. The molecule has 0 aromatic carbocycles. The fraction of sp³-hybridized carbons (Fsp3) is 0.661. The minimum atomic E-state index is -1.63. The van der Waals surface area contributed by atoms with E-state index < -0.39 is 67.4 Å². The summed E-state index contributed by atoms with van der Waals surface area (Å²) in [7, 11) is 0. The molecule has 11 nitrogen and oxygen atoms in total. The number of rotatable bonds is 43. The maximum atomic E-state index is 13.3. The van der Waals surface area contributed by atoms with E-state index >= 15 is 0 Å². The SMILES string of the molecule is CC/C=C/C=C/C=C\C=C/C=C/CCCCC(O)C(=O)NC(COC1OC(CO)C(O)C(O)C1OC(=O)CCCCCCCCC/C=C/C=C/C=C/CC)C(O)/C=C/CCCCCCCCCCCC. The zero-order valence-electron chi connectivity index (χ0n) is 43.6. The van der Waals surface area contributed by atoms with Gasteiger partial charge in [0.2, 0.25) is 5.91 Å². The van der Waals surface area contributed by atoms with Crippen molar-refractivity contribution in [2.75, 3.05) is 13.2 Å². The molecule has 1 aliphatic rings. The number of ether oxygens (including phenoxy) is 3. The summed E-state index contributed by atoms with van der Waals surface area (Å²) >= 11 is 0. The summed E-state index contributed by atoms with van der Waals surface area (Å²) in [5.41, 5.74) is 0. The van der Waals surface area contributed by atoms with Crippen molar-refractivity contribution in [1.82, 2.24) is 5.32 Å².